The van der Waals surface area contributed by atoms with E-state index in [9.17, 15) is 19.2 Å². The molecule has 1 aliphatic rings. The van der Waals surface area contributed by atoms with Crippen LogP contribution in [-0.2, 0) is 14.4 Å². The number of methoxy groups -OCH3 is 2. The van der Waals surface area contributed by atoms with E-state index in [4.69, 9.17) is 30.5 Å². The summed E-state index contributed by atoms with van der Waals surface area (Å²) < 4.78 is 22.1. The van der Waals surface area contributed by atoms with Crippen LogP contribution in [0.3, 0.4) is 0 Å². The Morgan fingerprint density at radius 3 is 2.41 bits per heavy atom. The fourth-order valence-electron chi connectivity index (χ4n) is 4.34. The summed E-state index contributed by atoms with van der Waals surface area (Å²) in [6, 6.07) is 12.3. The number of aryl methyl sites for hydroxylation is 2. The summed E-state index contributed by atoms with van der Waals surface area (Å²) in [4.78, 5) is 52.3. The first-order valence-corrected chi connectivity index (χ1v) is 14.0. The molecule has 0 unspecified atom stereocenters. The van der Waals surface area contributed by atoms with Crippen LogP contribution in [0.25, 0.3) is 6.08 Å². The van der Waals surface area contributed by atoms with Gasteiger partial charge in [-0.05, 0) is 73.4 Å². The quantitative estimate of drug-likeness (QED) is 0.213. The molecule has 0 aliphatic carbocycles. The number of anilines is 2. The zero-order valence-electron chi connectivity index (χ0n) is 24.9. The number of hydrogen-bond donors (Lipinski definition) is 2. The van der Waals surface area contributed by atoms with Gasteiger partial charge in [0.15, 0.2) is 29.6 Å². The van der Waals surface area contributed by atoms with Crippen molar-refractivity contribution in [3.63, 3.8) is 0 Å². The maximum Gasteiger partial charge on any atom is 0.335 e. The molecule has 44 heavy (non-hydrogen) atoms. The molecule has 12 heteroatoms. The number of carbonyl (C=O) groups is 4. The Labute approximate surface area is 259 Å². The van der Waals surface area contributed by atoms with Gasteiger partial charge in [0.2, 0.25) is 0 Å². The van der Waals surface area contributed by atoms with Crippen molar-refractivity contribution in [2.24, 2.45) is 0 Å². The lowest BCUT2D eigenvalue weighted by Gasteiger charge is -2.27. The molecule has 4 rings (SSSR count). The van der Waals surface area contributed by atoms with Gasteiger partial charge in [0.1, 0.15) is 5.57 Å². The molecule has 2 N–H and O–H groups in total. The second kappa shape index (κ2) is 14.0. The van der Waals surface area contributed by atoms with Gasteiger partial charge in [-0.25, -0.2) is 9.69 Å². The van der Waals surface area contributed by atoms with Crippen molar-refractivity contribution in [3.8, 4) is 23.0 Å². The SMILES string of the molecule is CCCOc1ccc(N2C(=O)NC(=O)/C(=C/c3cc(Cl)c(OCC(=O)Nc4cc(C)ccc4C)c(OC)c3)C2=O)cc1OC. The number of hydrogen-bond acceptors (Lipinski definition) is 8. The van der Waals surface area contributed by atoms with Gasteiger partial charge in [0.05, 0.1) is 31.5 Å². The zero-order valence-corrected chi connectivity index (χ0v) is 25.7. The topological polar surface area (TPSA) is 132 Å². The standard InChI is InChI=1S/C32H32ClN3O8/c1-6-11-43-25-10-9-21(16-26(25)41-4)36-31(39)22(30(38)35-32(36)40)13-20-14-23(33)29(27(15-20)42-5)44-17-28(37)34-24-12-18(2)7-8-19(24)3/h7-10,12-16H,6,11,17H2,1-5H3,(H,34,37)(H,35,38,40)/b22-13-. The lowest BCUT2D eigenvalue weighted by atomic mass is 10.1. The highest BCUT2D eigenvalue weighted by atomic mass is 35.5. The van der Waals surface area contributed by atoms with Gasteiger partial charge < -0.3 is 24.3 Å². The Hall–Kier alpha value is -5.03. The second-order valence-electron chi connectivity index (χ2n) is 9.83. The zero-order chi connectivity index (χ0) is 32.0. The van der Waals surface area contributed by atoms with Gasteiger partial charge >= 0.3 is 6.03 Å². The highest BCUT2D eigenvalue weighted by Crippen LogP contribution is 2.38. The molecular weight excluding hydrogens is 590 g/mol. The van der Waals surface area contributed by atoms with Crippen molar-refractivity contribution in [3.05, 3.63) is 75.8 Å². The molecule has 5 amide bonds. The Kier molecular flexibility index (Phi) is 10.1. The molecule has 0 spiro atoms. The van der Waals surface area contributed by atoms with E-state index in [0.29, 0.717) is 29.4 Å². The largest absolute Gasteiger partial charge is 0.493 e. The van der Waals surface area contributed by atoms with Crippen LogP contribution in [0.15, 0.2) is 54.1 Å². The molecule has 0 saturated carbocycles. The van der Waals surface area contributed by atoms with Crippen molar-refractivity contribution in [2.45, 2.75) is 27.2 Å². The molecule has 0 radical (unpaired) electrons. The first-order chi connectivity index (χ1) is 21.1. The summed E-state index contributed by atoms with van der Waals surface area (Å²) in [5, 5.41) is 5.06. The monoisotopic (exact) mass is 621 g/mol. The number of ether oxygens (including phenoxy) is 4. The summed E-state index contributed by atoms with van der Waals surface area (Å²) in [5.41, 5.74) is 2.72. The van der Waals surface area contributed by atoms with Crippen molar-refractivity contribution < 1.29 is 38.1 Å². The molecule has 1 saturated heterocycles. The summed E-state index contributed by atoms with van der Waals surface area (Å²) in [6.07, 6.45) is 2.05. The van der Waals surface area contributed by atoms with E-state index in [0.717, 1.165) is 22.4 Å². The number of amides is 5. The molecule has 1 aliphatic heterocycles. The maximum absolute atomic E-state index is 13.5. The number of nitrogens with zero attached hydrogens (tertiary/aromatic N) is 1. The molecular formula is C32H32ClN3O8. The predicted molar refractivity (Wildman–Crippen MR) is 166 cm³/mol. The molecule has 3 aromatic rings. The van der Waals surface area contributed by atoms with Crippen LogP contribution >= 0.6 is 11.6 Å². The van der Waals surface area contributed by atoms with Gasteiger partial charge in [-0.2, -0.15) is 0 Å². The number of halogens is 1. The molecule has 3 aromatic carbocycles. The molecule has 11 nitrogen and oxygen atoms in total. The number of carbonyl (C=O) groups excluding carboxylic acids is 4. The predicted octanol–water partition coefficient (Wildman–Crippen LogP) is 5.45. The minimum absolute atomic E-state index is 0.0692. The van der Waals surface area contributed by atoms with Crippen LogP contribution in [0.2, 0.25) is 5.02 Å². The highest BCUT2D eigenvalue weighted by molar-refractivity contribution is 6.39. The van der Waals surface area contributed by atoms with Crippen LogP contribution in [0, 0.1) is 13.8 Å². The van der Waals surface area contributed by atoms with Crippen LogP contribution in [0.5, 0.6) is 23.0 Å². The van der Waals surface area contributed by atoms with E-state index in [-0.39, 0.29) is 34.4 Å². The van der Waals surface area contributed by atoms with E-state index < -0.39 is 23.8 Å². The minimum Gasteiger partial charge on any atom is -0.493 e. The van der Waals surface area contributed by atoms with Crippen LogP contribution < -0.4 is 34.5 Å². The maximum atomic E-state index is 13.5. The third-order valence-corrected chi connectivity index (χ3v) is 6.83. The summed E-state index contributed by atoms with van der Waals surface area (Å²) in [5.74, 6) is -1.13. The fraction of sp³-hybridized carbons (Fsp3) is 0.250. The summed E-state index contributed by atoms with van der Waals surface area (Å²) in [7, 11) is 2.82. The Morgan fingerprint density at radius 2 is 1.70 bits per heavy atom. The highest BCUT2D eigenvalue weighted by Gasteiger charge is 2.37. The third-order valence-electron chi connectivity index (χ3n) is 6.55. The molecule has 1 fully saturated rings. The number of urea groups is 1. The van der Waals surface area contributed by atoms with Crippen LogP contribution in [0.1, 0.15) is 30.0 Å². The van der Waals surface area contributed by atoms with Gasteiger partial charge in [-0.15, -0.1) is 0 Å². The number of rotatable bonds is 11. The lowest BCUT2D eigenvalue weighted by Crippen LogP contribution is -2.54. The smallest absolute Gasteiger partial charge is 0.335 e. The van der Waals surface area contributed by atoms with E-state index in [1.807, 2.05) is 39.0 Å². The van der Waals surface area contributed by atoms with Crippen molar-refractivity contribution in [2.75, 3.05) is 37.7 Å². The average molecular weight is 622 g/mol. The first-order valence-electron chi connectivity index (χ1n) is 13.7. The number of nitrogens with one attached hydrogen (secondary N) is 2. The van der Waals surface area contributed by atoms with Crippen molar-refractivity contribution in [1.29, 1.82) is 0 Å². The van der Waals surface area contributed by atoms with Crippen molar-refractivity contribution >= 4 is 52.8 Å². The van der Waals surface area contributed by atoms with Gasteiger partial charge in [-0.3, -0.25) is 19.7 Å². The fourth-order valence-corrected chi connectivity index (χ4v) is 4.62. The van der Waals surface area contributed by atoms with Gasteiger partial charge in [0, 0.05) is 11.8 Å². The Bertz CT molecular complexity index is 1650. The van der Waals surface area contributed by atoms with Gasteiger partial charge in [-0.1, -0.05) is 30.7 Å². The molecule has 0 atom stereocenters. The molecule has 1 heterocycles. The number of imide groups is 2. The molecule has 0 bridgehead atoms. The first kappa shape index (κ1) is 31.9. The van der Waals surface area contributed by atoms with E-state index in [1.54, 1.807) is 6.07 Å². The van der Waals surface area contributed by atoms with E-state index in [2.05, 4.69) is 10.6 Å². The van der Waals surface area contributed by atoms with Crippen LogP contribution in [-0.4, -0.2) is 51.2 Å². The normalized spacial score (nSPS) is 13.9. The van der Waals surface area contributed by atoms with Crippen molar-refractivity contribution in [1.82, 2.24) is 5.32 Å². The Morgan fingerprint density at radius 1 is 0.955 bits per heavy atom. The summed E-state index contributed by atoms with van der Waals surface area (Å²) in [6.45, 7) is 5.86. The number of benzene rings is 3. The average Bonchev–Trinajstić information content (AvgIpc) is 2.99. The number of barbiturate groups is 1. The molecule has 0 aromatic heterocycles. The van der Waals surface area contributed by atoms with E-state index >= 15 is 0 Å². The third kappa shape index (κ3) is 7.12. The van der Waals surface area contributed by atoms with Gasteiger partial charge in [0.25, 0.3) is 17.7 Å². The molecule has 230 valence electrons. The Balaban J connectivity index is 1.57. The van der Waals surface area contributed by atoms with E-state index in [1.165, 1.54) is 44.6 Å². The minimum atomic E-state index is -0.917. The lowest BCUT2D eigenvalue weighted by molar-refractivity contribution is -0.122. The van der Waals surface area contributed by atoms with Crippen LogP contribution in [0.4, 0.5) is 16.2 Å². The summed E-state index contributed by atoms with van der Waals surface area (Å²) >= 11 is 6.48. The second-order valence-corrected chi connectivity index (χ2v) is 10.2.